The van der Waals surface area contributed by atoms with E-state index in [4.69, 9.17) is 9.84 Å². The molecule has 0 fully saturated rings. The fourth-order valence-electron chi connectivity index (χ4n) is 3.65. The lowest BCUT2D eigenvalue weighted by molar-refractivity contribution is 0.0697. The maximum Gasteiger partial charge on any atom is 0.335 e. The number of aromatic nitrogens is 2. The zero-order valence-electron chi connectivity index (χ0n) is 18.4. The summed E-state index contributed by atoms with van der Waals surface area (Å²) in [5.74, 6) is -0.0788. The number of aryl methyl sites for hydroxylation is 1. The van der Waals surface area contributed by atoms with Gasteiger partial charge in [0.15, 0.2) is 0 Å². The average molecular weight is 442 g/mol. The van der Waals surface area contributed by atoms with Gasteiger partial charge in [-0.15, -0.1) is 0 Å². The number of rotatable bonds is 11. The summed E-state index contributed by atoms with van der Waals surface area (Å²) in [4.78, 5) is 15.2. The minimum absolute atomic E-state index is 0.276. The van der Waals surface area contributed by atoms with Crippen LogP contribution in [-0.2, 0) is 6.54 Å². The summed E-state index contributed by atoms with van der Waals surface area (Å²) in [6.07, 6.45) is 8.61. The summed E-state index contributed by atoms with van der Waals surface area (Å²) >= 11 is 0. The van der Waals surface area contributed by atoms with Crippen molar-refractivity contribution in [2.24, 2.45) is 0 Å². The smallest absolute Gasteiger partial charge is 0.335 e. The quantitative estimate of drug-likeness (QED) is 0.325. The van der Waals surface area contributed by atoms with Gasteiger partial charge in [-0.2, -0.15) is 0 Å². The van der Waals surface area contributed by atoms with Crippen molar-refractivity contribution in [2.45, 2.75) is 13.0 Å². The Kier molecular flexibility index (Phi) is 7.51. The Morgan fingerprint density at radius 1 is 1.06 bits per heavy atom. The molecule has 0 radical (unpaired) electrons. The zero-order valence-corrected chi connectivity index (χ0v) is 18.4. The van der Waals surface area contributed by atoms with E-state index in [2.05, 4.69) is 39.1 Å². The first-order valence-electron chi connectivity index (χ1n) is 11.0. The predicted octanol–water partition coefficient (Wildman–Crippen LogP) is 4.88. The Morgan fingerprint density at radius 3 is 2.67 bits per heavy atom. The number of carbonyl (C=O) groups is 1. The van der Waals surface area contributed by atoms with Crippen molar-refractivity contribution in [2.75, 3.05) is 19.7 Å². The number of nitrogens with zero attached hydrogens (tertiary/aromatic N) is 2. The Labute approximate surface area is 193 Å². The Balaban J connectivity index is 1.43. The second-order valence-electron chi connectivity index (χ2n) is 7.83. The molecule has 0 aliphatic rings. The van der Waals surface area contributed by atoms with E-state index in [0.29, 0.717) is 13.2 Å². The van der Waals surface area contributed by atoms with Gasteiger partial charge in [-0.3, -0.25) is 0 Å². The van der Waals surface area contributed by atoms with Crippen LogP contribution >= 0.6 is 0 Å². The van der Waals surface area contributed by atoms with Gasteiger partial charge >= 0.3 is 5.97 Å². The monoisotopic (exact) mass is 441 g/mol. The molecule has 6 heteroatoms. The third-order valence-electron chi connectivity index (χ3n) is 5.37. The standard InChI is InChI=1S/C27H27N3O3/c31-27(32)24-11-9-21(10-12-24)17-22(18-28-13-4-15-30-16-14-29-20-30)19-33-26-8-3-6-23-5-1-2-7-25(23)26/h1-3,5-12,14,16-17,20,28H,4,13,15,18-19H2,(H,31,32). The van der Waals surface area contributed by atoms with E-state index in [0.717, 1.165) is 47.2 Å². The van der Waals surface area contributed by atoms with Gasteiger partial charge < -0.3 is 19.7 Å². The van der Waals surface area contributed by atoms with E-state index in [1.165, 1.54) is 0 Å². The highest BCUT2D eigenvalue weighted by Gasteiger charge is 2.06. The Bertz CT molecular complexity index is 1210. The molecule has 0 saturated carbocycles. The molecule has 168 valence electrons. The van der Waals surface area contributed by atoms with Crippen molar-refractivity contribution >= 4 is 22.8 Å². The molecule has 0 saturated heterocycles. The summed E-state index contributed by atoms with van der Waals surface area (Å²) in [6, 6.07) is 21.1. The molecule has 1 aromatic heterocycles. The van der Waals surface area contributed by atoms with Gasteiger partial charge in [0.1, 0.15) is 12.4 Å². The average Bonchev–Trinajstić information content (AvgIpc) is 3.36. The lowest BCUT2D eigenvalue weighted by atomic mass is 10.1. The van der Waals surface area contributed by atoms with Crippen molar-refractivity contribution in [3.05, 3.63) is 102 Å². The summed E-state index contributed by atoms with van der Waals surface area (Å²) in [7, 11) is 0. The van der Waals surface area contributed by atoms with E-state index in [9.17, 15) is 4.79 Å². The van der Waals surface area contributed by atoms with E-state index in [1.807, 2.05) is 48.9 Å². The van der Waals surface area contributed by atoms with E-state index in [-0.39, 0.29) is 5.56 Å². The van der Waals surface area contributed by atoms with Crippen LogP contribution in [0.1, 0.15) is 22.3 Å². The number of aromatic carboxylic acids is 1. The molecule has 4 rings (SSSR count). The normalized spacial score (nSPS) is 11.6. The second kappa shape index (κ2) is 11.1. The SMILES string of the molecule is O=C(O)c1ccc(C=C(CNCCCn2ccnc2)COc2cccc3ccccc23)cc1. The molecule has 0 atom stereocenters. The van der Waals surface area contributed by atoms with Gasteiger partial charge in [-0.1, -0.05) is 54.6 Å². The second-order valence-corrected chi connectivity index (χ2v) is 7.83. The summed E-state index contributed by atoms with van der Waals surface area (Å²) in [5.41, 5.74) is 2.30. The molecular weight excluding hydrogens is 414 g/mol. The first-order valence-corrected chi connectivity index (χ1v) is 11.0. The lowest BCUT2D eigenvalue weighted by Gasteiger charge is -2.13. The molecule has 0 spiro atoms. The largest absolute Gasteiger partial charge is 0.489 e. The number of imidazole rings is 1. The highest BCUT2D eigenvalue weighted by atomic mass is 16.5. The summed E-state index contributed by atoms with van der Waals surface area (Å²) in [6.45, 7) is 2.88. The van der Waals surface area contributed by atoms with Crippen LogP contribution in [0.2, 0.25) is 0 Å². The van der Waals surface area contributed by atoms with Crippen molar-refractivity contribution in [3.63, 3.8) is 0 Å². The molecule has 33 heavy (non-hydrogen) atoms. The number of ether oxygens (including phenoxy) is 1. The number of carboxylic acids is 1. The number of carboxylic acid groups (broad SMARTS) is 1. The van der Waals surface area contributed by atoms with Crippen molar-refractivity contribution in [1.29, 1.82) is 0 Å². The van der Waals surface area contributed by atoms with Gasteiger partial charge in [0.25, 0.3) is 0 Å². The van der Waals surface area contributed by atoms with Gasteiger partial charge in [-0.25, -0.2) is 9.78 Å². The summed E-state index contributed by atoms with van der Waals surface area (Å²) in [5, 5.41) is 14.9. The molecule has 0 amide bonds. The van der Waals surface area contributed by atoms with Crippen LogP contribution in [0.15, 0.2) is 91.0 Å². The van der Waals surface area contributed by atoms with Crippen LogP contribution in [0.5, 0.6) is 5.75 Å². The Hall–Kier alpha value is -3.90. The van der Waals surface area contributed by atoms with E-state index in [1.54, 1.807) is 18.3 Å². The van der Waals surface area contributed by atoms with Crippen LogP contribution in [0.4, 0.5) is 0 Å². The van der Waals surface area contributed by atoms with Gasteiger partial charge in [0, 0.05) is 30.9 Å². The van der Waals surface area contributed by atoms with Crippen molar-refractivity contribution in [1.82, 2.24) is 14.9 Å². The van der Waals surface area contributed by atoms with Gasteiger partial charge in [0.05, 0.1) is 11.9 Å². The number of fused-ring (bicyclic) bond motifs is 1. The topological polar surface area (TPSA) is 76.4 Å². The van der Waals surface area contributed by atoms with Gasteiger partial charge in [0.2, 0.25) is 0 Å². The number of hydrogen-bond donors (Lipinski definition) is 2. The molecule has 0 unspecified atom stereocenters. The van der Waals surface area contributed by atoms with Crippen LogP contribution in [-0.4, -0.2) is 40.3 Å². The minimum atomic E-state index is -0.926. The predicted molar refractivity (Wildman–Crippen MR) is 131 cm³/mol. The number of nitrogens with one attached hydrogen (secondary N) is 1. The molecular formula is C27H27N3O3. The van der Waals surface area contributed by atoms with Crippen molar-refractivity contribution in [3.8, 4) is 5.75 Å². The fraction of sp³-hybridized carbons (Fsp3) is 0.185. The van der Waals surface area contributed by atoms with Crippen LogP contribution in [0.3, 0.4) is 0 Å². The Morgan fingerprint density at radius 2 is 1.88 bits per heavy atom. The van der Waals surface area contributed by atoms with Gasteiger partial charge in [-0.05, 0) is 47.7 Å². The number of benzene rings is 3. The molecule has 0 bridgehead atoms. The molecule has 4 aromatic rings. The first-order chi connectivity index (χ1) is 16.2. The zero-order chi connectivity index (χ0) is 22.9. The first kappa shape index (κ1) is 22.3. The van der Waals surface area contributed by atoms with E-state index < -0.39 is 5.97 Å². The highest BCUT2D eigenvalue weighted by Crippen LogP contribution is 2.25. The van der Waals surface area contributed by atoms with Crippen LogP contribution in [0, 0.1) is 0 Å². The van der Waals surface area contributed by atoms with Crippen molar-refractivity contribution < 1.29 is 14.6 Å². The van der Waals surface area contributed by atoms with Crippen LogP contribution < -0.4 is 10.1 Å². The molecule has 0 aliphatic heterocycles. The third kappa shape index (κ3) is 6.30. The minimum Gasteiger partial charge on any atom is -0.489 e. The van der Waals surface area contributed by atoms with E-state index >= 15 is 0 Å². The number of hydrogen-bond acceptors (Lipinski definition) is 4. The fourth-order valence-corrected chi connectivity index (χ4v) is 3.65. The molecule has 6 nitrogen and oxygen atoms in total. The molecule has 3 aromatic carbocycles. The maximum absolute atomic E-state index is 11.1. The van der Waals surface area contributed by atoms with Crippen LogP contribution in [0.25, 0.3) is 16.8 Å². The third-order valence-corrected chi connectivity index (χ3v) is 5.37. The molecule has 0 aliphatic carbocycles. The summed E-state index contributed by atoms with van der Waals surface area (Å²) < 4.78 is 8.28. The molecule has 2 N–H and O–H groups in total. The highest BCUT2D eigenvalue weighted by molar-refractivity contribution is 5.88. The molecule has 1 heterocycles. The maximum atomic E-state index is 11.1. The lowest BCUT2D eigenvalue weighted by Crippen LogP contribution is -2.22.